The molecule has 0 aromatic heterocycles. The molecule has 2 aliphatic heterocycles. The molecule has 17 heavy (non-hydrogen) atoms. The van der Waals surface area contributed by atoms with E-state index in [4.69, 9.17) is 0 Å². The second-order valence-electron chi connectivity index (χ2n) is 4.76. The van der Waals surface area contributed by atoms with Crippen molar-refractivity contribution >= 4 is 17.5 Å². The van der Waals surface area contributed by atoms with Gasteiger partial charge in [0, 0.05) is 25.9 Å². The van der Waals surface area contributed by atoms with Crippen molar-refractivity contribution in [1.82, 2.24) is 10.3 Å². The summed E-state index contributed by atoms with van der Waals surface area (Å²) >= 11 is 0. The second kappa shape index (κ2) is 5.29. The summed E-state index contributed by atoms with van der Waals surface area (Å²) in [5.74, 6) is 0.515. The summed E-state index contributed by atoms with van der Waals surface area (Å²) in [5.41, 5.74) is 2.88. The Hall–Kier alpha value is -1.39. The SMILES string of the molecule is CCC1CCCN(C(=O)C2=NNC(=O)CC2)C1. The normalized spacial score (nSPS) is 25.2. The zero-order valence-corrected chi connectivity index (χ0v) is 10.2. The Morgan fingerprint density at radius 2 is 2.35 bits per heavy atom. The van der Waals surface area contributed by atoms with Gasteiger partial charge in [0.2, 0.25) is 5.91 Å². The lowest BCUT2D eigenvalue weighted by atomic mass is 9.95. The molecule has 0 saturated carbocycles. The minimum Gasteiger partial charge on any atom is -0.337 e. The summed E-state index contributed by atoms with van der Waals surface area (Å²) in [6, 6.07) is 0. The van der Waals surface area contributed by atoms with Crippen molar-refractivity contribution in [2.45, 2.75) is 39.0 Å². The molecule has 94 valence electrons. The highest BCUT2D eigenvalue weighted by Crippen LogP contribution is 2.20. The van der Waals surface area contributed by atoms with Crippen molar-refractivity contribution in [3.8, 4) is 0 Å². The summed E-state index contributed by atoms with van der Waals surface area (Å²) in [6.07, 6.45) is 4.24. The number of amides is 2. The van der Waals surface area contributed by atoms with Crippen LogP contribution in [0.5, 0.6) is 0 Å². The van der Waals surface area contributed by atoms with Crippen molar-refractivity contribution in [2.24, 2.45) is 11.0 Å². The van der Waals surface area contributed by atoms with Gasteiger partial charge in [-0.2, -0.15) is 5.10 Å². The first-order chi connectivity index (χ1) is 8.20. The molecule has 2 aliphatic rings. The number of carbonyl (C=O) groups is 2. The minimum atomic E-state index is -0.105. The first kappa shape index (κ1) is 12.1. The van der Waals surface area contributed by atoms with Gasteiger partial charge in [-0.3, -0.25) is 9.59 Å². The Bertz CT molecular complexity index is 352. The summed E-state index contributed by atoms with van der Waals surface area (Å²) in [6.45, 7) is 3.82. The molecule has 1 fully saturated rings. The molecular formula is C12H19N3O2. The average molecular weight is 237 g/mol. The number of nitrogens with zero attached hydrogens (tertiary/aromatic N) is 2. The van der Waals surface area contributed by atoms with Crippen LogP contribution in [0.25, 0.3) is 0 Å². The quantitative estimate of drug-likeness (QED) is 0.775. The van der Waals surface area contributed by atoms with E-state index in [0.29, 0.717) is 24.5 Å². The molecule has 2 heterocycles. The molecule has 2 rings (SSSR count). The standard InChI is InChI=1S/C12H19N3O2/c1-2-9-4-3-7-15(8-9)12(17)10-5-6-11(16)14-13-10/h9H,2-8H2,1H3,(H,14,16). The maximum absolute atomic E-state index is 12.2. The highest BCUT2D eigenvalue weighted by molar-refractivity contribution is 6.39. The molecule has 5 nitrogen and oxygen atoms in total. The predicted octanol–water partition coefficient (Wildman–Crippen LogP) is 0.901. The lowest BCUT2D eigenvalue weighted by molar-refractivity contribution is -0.126. The van der Waals surface area contributed by atoms with Crippen molar-refractivity contribution < 1.29 is 9.59 Å². The van der Waals surface area contributed by atoms with Crippen LogP contribution in [0, 0.1) is 5.92 Å². The van der Waals surface area contributed by atoms with Gasteiger partial charge in [-0.25, -0.2) is 5.43 Å². The molecule has 2 amide bonds. The van der Waals surface area contributed by atoms with Crippen molar-refractivity contribution in [3.63, 3.8) is 0 Å². The first-order valence-electron chi connectivity index (χ1n) is 6.35. The number of hydrogen-bond donors (Lipinski definition) is 1. The fraction of sp³-hybridized carbons (Fsp3) is 0.750. The van der Waals surface area contributed by atoms with Crippen molar-refractivity contribution in [2.75, 3.05) is 13.1 Å². The molecule has 0 bridgehead atoms. The van der Waals surface area contributed by atoms with Gasteiger partial charge in [0.25, 0.3) is 5.91 Å². The van der Waals surface area contributed by atoms with E-state index in [0.717, 1.165) is 25.9 Å². The maximum Gasteiger partial charge on any atom is 0.270 e. The van der Waals surface area contributed by atoms with Crippen LogP contribution in [0.2, 0.25) is 0 Å². The Balaban J connectivity index is 1.97. The van der Waals surface area contributed by atoms with E-state index in [1.165, 1.54) is 6.42 Å². The molecule has 5 heteroatoms. The summed E-state index contributed by atoms with van der Waals surface area (Å²) < 4.78 is 0. The van der Waals surface area contributed by atoms with Crippen LogP contribution in [-0.4, -0.2) is 35.5 Å². The van der Waals surface area contributed by atoms with Gasteiger partial charge in [-0.15, -0.1) is 0 Å². The lowest BCUT2D eigenvalue weighted by Gasteiger charge is -2.32. The summed E-state index contributed by atoms with van der Waals surface area (Å²) in [5, 5.41) is 3.86. The molecule has 1 N–H and O–H groups in total. The van der Waals surface area contributed by atoms with E-state index >= 15 is 0 Å². The van der Waals surface area contributed by atoms with Crippen molar-refractivity contribution in [3.05, 3.63) is 0 Å². The molecule has 0 radical (unpaired) electrons. The molecule has 0 aromatic carbocycles. The fourth-order valence-corrected chi connectivity index (χ4v) is 2.39. The fourth-order valence-electron chi connectivity index (χ4n) is 2.39. The van der Waals surface area contributed by atoms with E-state index in [2.05, 4.69) is 17.5 Å². The first-order valence-corrected chi connectivity index (χ1v) is 6.35. The van der Waals surface area contributed by atoms with Gasteiger partial charge in [-0.05, 0) is 18.8 Å². The summed E-state index contributed by atoms with van der Waals surface area (Å²) in [4.78, 5) is 25.0. The Kier molecular flexibility index (Phi) is 3.76. The number of carbonyl (C=O) groups excluding carboxylic acids is 2. The lowest BCUT2D eigenvalue weighted by Crippen LogP contribution is -2.45. The van der Waals surface area contributed by atoms with Gasteiger partial charge in [0.05, 0.1) is 0 Å². The number of nitrogens with one attached hydrogen (secondary N) is 1. The van der Waals surface area contributed by atoms with Crippen LogP contribution in [0.3, 0.4) is 0 Å². The topological polar surface area (TPSA) is 61.8 Å². The van der Waals surface area contributed by atoms with E-state index in [-0.39, 0.29) is 11.8 Å². The third kappa shape index (κ3) is 2.84. The third-order valence-corrected chi connectivity index (χ3v) is 3.53. The highest BCUT2D eigenvalue weighted by atomic mass is 16.2. The number of hydrogen-bond acceptors (Lipinski definition) is 3. The largest absolute Gasteiger partial charge is 0.337 e. The van der Waals surface area contributed by atoms with E-state index in [9.17, 15) is 9.59 Å². The number of hydrazone groups is 1. The average Bonchev–Trinajstić information content (AvgIpc) is 2.39. The Labute approximate surface area is 101 Å². The Morgan fingerprint density at radius 1 is 1.53 bits per heavy atom. The van der Waals surface area contributed by atoms with Crippen LogP contribution >= 0.6 is 0 Å². The number of likely N-dealkylation sites (tertiary alicyclic amines) is 1. The van der Waals surface area contributed by atoms with Crippen LogP contribution < -0.4 is 5.43 Å². The zero-order chi connectivity index (χ0) is 12.3. The van der Waals surface area contributed by atoms with Crippen molar-refractivity contribution in [1.29, 1.82) is 0 Å². The van der Waals surface area contributed by atoms with E-state index < -0.39 is 0 Å². The molecular weight excluding hydrogens is 218 g/mol. The second-order valence-corrected chi connectivity index (χ2v) is 4.76. The number of piperidine rings is 1. The van der Waals surface area contributed by atoms with Gasteiger partial charge in [-0.1, -0.05) is 13.3 Å². The van der Waals surface area contributed by atoms with Crippen LogP contribution in [0.15, 0.2) is 5.10 Å². The Morgan fingerprint density at radius 3 is 3.00 bits per heavy atom. The smallest absolute Gasteiger partial charge is 0.270 e. The number of rotatable bonds is 2. The van der Waals surface area contributed by atoms with Crippen LogP contribution in [0.4, 0.5) is 0 Å². The van der Waals surface area contributed by atoms with Crippen LogP contribution in [0.1, 0.15) is 39.0 Å². The highest BCUT2D eigenvalue weighted by Gasteiger charge is 2.27. The van der Waals surface area contributed by atoms with E-state index in [1.54, 1.807) is 0 Å². The minimum absolute atomic E-state index is 0.00292. The molecule has 0 aromatic rings. The maximum atomic E-state index is 12.2. The predicted molar refractivity (Wildman–Crippen MR) is 64.4 cm³/mol. The molecule has 1 unspecified atom stereocenters. The molecule has 1 atom stereocenters. The molecule has 0 aliphatic carbocycles. The summed E-state index contributed by atoms with van der Waals surface area (Å²) in [7, 11) is 0. The van der Waals surface area contributed by atoms with Gasteiger partial charge < -0.3 is 4.90 Å². The molecule has 0 spiro atoms. The van der Waals surface area contributed by atoms with Crippen LogP contribution in [-0.2, 0) is 9.59 Å². The van der Waals surface area contributed by atoms with Gasteiger partial charge in [0.1, 0.15) is 5.71 Å². The molecule has 1 saturated heterocycles. The van der Waals surface area contributed by atoms with Gasteiger partial charge in [0.15, 0.2) is 0 Å². The zero-order valence-electron chi connectivity index (χ0n) is 10.2. The van der Waals surface area contributed by atoms with E-state index in [1.807, 2.05) is 4.90 Å². The monoisotopic (exact) mass is 237 g/mol. The third-order valence-electron chi connectivity index (χ3n) is 3.53. The van der Waals surface area contributed by atoms with Gasteiger partial charge >= 0.3 is 0 Å².